The van der Waals surface area contributed by atoms with Crippen LogP contribution in [0, 0.1) is 0 Å². The summed E-state index contributed by atoms with van der Waals surface area (Å²) >= 11 is 6.54. The fourth-order valence-electron chi connectivity index (χ4n) is 3.35. The average Bonchev–Trinajstić information content (AvgIpc) is 3.02. The molecule has 4 nitrogen and oxygen atoms in total. The Morgan fingerprint density at radius 1 is 1.04 bits per heavy atom. The smallest absolute Gasteiger partial charge is 0.197 e. The Morgan fingerprint density at radius 2 is 1.56 bits per heavy atom. The highest BCUT2D eigenvalue weighted by atomic mass is 79.9. The molecular weight excluding hydrogens is 471 g/mol. The van der Waals surface area contributed by atoms with E-state index in [4.69, 9.17) is 4.42 Å². The van der Waals surface area contributed by atoms with Crippen molar-refractivity contribution in [3.05, 3.63) is 38.0 Å². The summed E-state index contributed by atoms with van der Waals surface area (Å²) in [4.78, 5) is 13.4. The number of benzene rings is 2. The number of furan rings is 1. The first kappa shape index (κ1) is 20.4. The molecule has 3 rings (SSSR count). The molecule has 1 unspecified atom stereocenters. The summed E-state index contributed by atoms with van der Waals surface area (Å²) in [7, 11) is 7.97. The second kappa shape index (κ2) is 7.22. The van der Waals surface area contributed by atoms with Gasteiger partial charge in [0.15, 0.2) is 5.78 Å². The van der Waals surface area contributed by atoms with E-state index in [1.807, 2.05) is 31.4 Å². The molecule has 1 heterocycles. The molecule has 0 bridgehead atoms. The van der Waals surface area contributed by atoms with E-state index in [9.17, 15) is 15.0 Å². The van der Waals surface area contributed by atoms with Crippen LogP contribution in [0.1, 0.15) is 34.7 Å². The number of halogens is 2. The molecule has 0 aliphatic carbocycles. The fraction of sp³-hybridized carbons (Fsp3) is 0.118. The zero-order chi connectivity index (χ0) is 20.2. The van der Waals surface area contributed by atoms with Crippen LogP contribution in [-0.2, 0) is 0 Å². The highest BCUT2D eigenvalue weighted by Gasteiger charge is 2.28. The van der Waals surface area contributed by atoms with E-state index in [2.05, 4.69) is 31.9 Å². The molecule has 0 amide bonds. The summed E-state index contributed by atoms with van der Waals surface area (Å²) in [5.74, 6) is 0.0150. The van der Waals surface area contributed by atoms with Crippen molar-refractivity contribution in [1.82, 2.24) is 0 Å². The first-order chi connectivity index (χ1) is 12.6. The number of phenols is 1. The van der Waals surface area contributed by atoms with Crippen LogP contribution in [-0.4, -0.2) is 47.4 Å². The highest BCUT2D eigenvalue weighted by molar-refractivity contribution is 9.11. The Balaban J connectivity index is 2.40. The number of fused-ring (bicyclic) bond motifs is 1. The Morgan fingerprint density at radius 3 is 2.07 bits per heavy atom. The largest absolute Gasteiger partial charge is 0.506 e. The molecule has 2 aromatic carbocycles. The van der Waals surface area contributed by atoms with Crippen LogP contribution in [0.3, 0.4) is 0 Å². The van der Waals surface area contributed by atoms with Crippen molar-refractivity contribution in [3.8, 4) is 5.75 Å². The Bertz CT molecular complexity index is 1090. The van der Waals surface area contributed by atoms with Crippen molar-refractivity contribution in [3.63, 3.8) is 0 Å². The number of carbonyl (C=O) groups is 1. The van der Waals surface area contributed by atoms with Gasteiger partial charge in [-0.1, -0.05) is 16.4 Å². The zero-order valence-corrected chi connectivity index (χ0v) is 18.9. The molecular formula is C17H16B4Br2O4. The third-order valence-corrected chi connectivity index (χ3v) is 6.43. The summed E-state index contributed by atoms with van der Waals surface area (Å²) in [5, 5.41) is 20.9. The summed E-state index contributed by atoms with van der Waals surface area (Å²) in [6.07, 6.45) is -0.931. The van der Waals surface area contributed by atoms with E-state index in [1.54, 1.807) is 19.1 Å². The van der Waals surface area contributed by atoms with Gasteiger partial charge in [-0.2, -0.15) is 0 Å². The zero-order valence-electron chi connectivity index (χ0n) is 15.7. The van der Waals surface area contributed by atoms with Gasteiger partial charge in [-0.3, -0.25) is 4.79 Å². The maximum absolute atomic E-state index is 13.4. The minimum atomic E-state index is -0.931. The highest BCUT2D eigenvalue weighted by Crippen LogP contribution is 2.36. The summed E-state index contributed by atoms with van der Waals surface area (Å²) < 4.78 is 6.81. The average molecular weight is 487 g/mol. The summed E-state index contributed by atoms with van der Waals surface area (Å²) in [6, 6.07) is 3.13. The first-order valence-corrected chi connectivity index (χ1v) is 10.1. The predicted octanol–water partition coefficient (Wildman–Crippen LogP) is -2.02. The number of hydrogen-bond acceptors (Lipinski definition) is 4. The standard InChI is InChI=1S/C17H16B4Br2O4/c1-4(24)16-9(14(25)5-2-6(22)15(26)7(23)3-5)8-10(18)11(19)12(20)13(21)17(8)27-16/h2-4,24,26H,18-21H2,1H3. The molecule has 0 fully saturated rings. The lowest BCUT2D eigenvalue weighted by atomic mass is 9.65. The van der Waals surface area contributed by atoms with Crippen molar-refractivity contribution in [1.29, 1.82) is 0 Å². The monoisotopic (exact) mass is 486 g/mol. The number of hydrogen-bond donors (Lipinski definition) is 2. The number of rotatable bonds is 3. The van der Waals surface area contributed by atoms with Gasteiger partial charge in [0.1, 0.15) is 54.6 Å². The van der Waals surface area contributed by atoms with E-state index < -0.39 is 6.10 Å². The van der Waals surface area contributed by atoms with Crippen molar-refractivity contribution in [2.75, 3.05) is 0 Å². The third-order valence-electron chi connectivity index (χ3n) is 5.22. The number of aliphatic hydroxyl groups is 1. The van der Waals surface area contributed by atoms with Gasteiger partial charge in [-0.25, -0.2) is 0 Å². The molecule has 0 aliphatic heterocycles. The molecule has 27 heavy (non-hydrogen) atoms. The van der Waals surface area contributed by atoms with Crippen molar-refractivity contribution in [2.24, 2.45) is 0 Å². The molecule has 0 radical (unpaired) electrons. The number of ketones is 1. The lowest BCUT2D eigenvalue weighted by molar-refractivity contribution is 0.102. The van der Waals surface area contributed by atoms with Crippen LogP contribution in [0.4, 0.5) is 0 Å². The maximum atomic E-state index is 13.4. The third kappa shape index (κ3) is 3.22. The molecule has 0 saturated carbocycles. The van der Waals surface area contributed by atoms with Crippen molar-refractivity contribution >= 4 is 102 Å². The van der Waals surface area contributed by atoms with E-state index >= 15 is 0 Å². The molecule has 134 valence electrons. The van der Waals surface area contributed by atoms with Gasteiger partial charge in [0.25, 0.3) is 0 Å². The van der Waals surface area contributed by atoms with Gasteiger partial charge in [0.05, 0.1) is 14.5 Å². The van der Waals surface area contributed by atoms with Gasteiger partial charge in [-0.05, 0) is 50.9 Å². The van der Waals surface area contributed by atoms with Crippen LogP contribution >= 0.6 is 31.9 Å². The molecule has 1 aromatic heterocycles. The van der Waals surface area contributed by atoms with Gasteiger partial charge >= 0.3 is 0 Å². The molecule has 3 aromatic rings. The number of aliphatic hydroxyl groups excluding tert-OH is 1. The minimum absolute atomic E-state index is 0.0258. The summed E-state index contributed by atoms with van der Waals surface area (Å²) in [5.41, 5.74) is 5.51. The number of phenolic OH excluding ortho intramolecular Hbond substituents is 1. The lowest BCUT2D eigenvalue weighted by Gasteiger charge is -2.12. The van der Waals surface area contributed by atoms with Crippen molar-refractivity contribution in [2.45, 2.75) is 13.0 Å². The van der Waals surface area contributed by atoms with Crippen LogP contribution in [0.15, 0.2) is 25.5 Å². The first-order valence-electron chi connectivity index (χ1n) is 8.49. The second-order valence-electron chi connectivity index (χ2n) is 6.84. The molecule has 0 spiro atoms. The quantitative estimate of drug-likeness (QED) is 0.331. The molecule has 0 aliphatic rings. The molecule has 10 heteroatoms. The second-order valence-corrected chi connectivity index (χ2v) is 8.55. The SMILES string of the molecule is Bc1c(B)c(B)c2c(C(=O)c3cc(Br)c(O)c(Br)c3)c(C(C)O)oc2c1B. The number of aromatic hydroxyl groups is 1. The summed E-state index contributed by atoms with van der Waals surface area (Å²) in [6.45, 7) is 1.58. The maximum Gasteiger partial charge on any atom is 0.197 e. The molecule has 2 N–H and O–H groups in total. The normalized spacial score (nSPS) is 12.4. The number of carbonyl (C=O) groups excluding carboxylic acids is 1. The lowest BCUT2D eigenvalue weighted by Crippen LogP contribution is -2.47. The predicted molar refractivity (Wildman–Crippen MR) is 126 cm³/mol. The van der Waals surface area contributed by atoms with E-state index in [0.717, 1.165) is 27.2 Å². The van der Waals surface area contributed by atoms with Gasteiger partial charge in [0, 0.05) is 10.9 Å². The fourth-order valence-corrected chi connectivity index (χ4v) is 4.54. The Labute approximate surface area is 177 Å². The molecule has 0 saturated heterocycles. The van der Waals surface area contributed by atoms with Crippen molar-refractivity contribution < 1.29 is 19.4 Å². The van der Waals surface area contributed by atoms with E-state index in [0.29, 0.717) is 25.7 Å². The Kier molecular flexibility index (Phi) is 5.45. The Hall–Kier alpha value is -1.37. The topological polar surface area (TPSA) is 70.7 Å². The van der Waals surface area contributed by atoms with Gasteiger partial charge < -0.3 is 14.6 Å². The van der Waals surface area contributed by atoms with E-state index in [1.165, 1.54) is 0 Å². The van der Waals surface area contributed by atoms with Crippen LogP contribution in [0.25, 0.3) is 11.0 Å². The van der Waals surface area contributed by atoms with Gasteiger partial charge in [0.2, 0.25) is 0 Å². The van der Waals surface area contributed by atoms with Crippen LogP contribution in [0.2, 0.25) is 0 Å². The van der Waals surface area contributed by atoms with Crippen LogP contribution < -0.4 is 21.9 Å². The van der Waals surface area contributed by atoms with E-state index in [-0.39, 0.29) is 17.3 Å². The van der Waals surface area contributed by atoms with Crippen LogP contribution in [0.5, 0.6) is 5.75 Å². The minimum Gasteiger partial charge on any atom is -0.506 e. The van der Waals surface area contributed by atoms with Gasteiger partial charge in [-0.15, -0.1) is 5.46 Å². The molecule has 1 atom stereocenters.